The summed E-state index contributed by atoms with van der Waals surface area (Å²) in [6.07, 6.45) is -0.546. The normalized spacial score (nSPS) is 21.5. The highest BCUT2D eigenvalue weighted by Crippen LogP contribution is 2.29. The molecule has 146 valence electrons. The minimum Gasteiger partial charge on any atom is -0.369 e. The number of ether oxygens (including phenoxy) is 1. The standard InChI is InChI=1S/C19H25N3O5/c1-19(18(21)26,10-12-6-4-3-5-7-12)9-8-14(24)22(2)15-13(23)11-27-16(15)17(20)25/h3-7,15-16H,8-11H2,1-2H3,(H2,20,25)(H2,21,26). The number of nitrogens with two attached hydrogens (primary N) is 2. The number of carbonyl (C=O) groups excluding carboxylic acids is 4. The first-order chi connectivity index (χ1) is 12.7. The lowest BCUT2D eigenvalue weighted by Crippen LogP contribution is -2.50. The highest BCUT2D eigenvalue weighted by Gasteiger charge is 2.44. The van der Waals surface area contributed by atoms with Gasteiger partial charge < -0.3 is 21.1 Å². The minimum absolute atomic E-state index is 0.00195. The van der Waals surface area contributed by atoms with Gasteiger partial charge in [0.25, 0.3) is 0 Å². The highest BCUT2D eigenvalue weighted by atomic mass is 16.5. The number of hydrogen-bond acceptors (Lipinski definition) is 5. The van der Waals surface area contributed by atoms with Crippen molar-refractivity contribution < 1.29 is 23.9 Å². The van der Waals surface area contributed by atoms with Gasteiger partial charge in [0.1, 0.15) is 12.6 Å². The van der Waals surface area contributed by atoms with Crippen molar-refractivity contribution in [1.29, 1.82) is 0 Å². The van der Waals surface area contributed by atoms with E-state index in [1.54, 1.807) is 6.92 Å². The summed E-state index contributed by atoms with van der Waals surface area (Å²) in [5, 5.41) is 0. The average molecular weight is 375 g/mol. The Morgan fingerprint density at radius 3 is 2.41 bits per heavy atom. The summed E-state index contributed by atoms with van der Waals surface area (Å²) in [7, 11) is 1.42. The molecular formula is C19H25N3O5. The maximum atomic E-state index is 12.6. The van der Waals surface area contributed by atoms with Crippen LogP contribution in [0.5, 0.6) is 0 Å². The molecule has 0 aromatic heterocycles. The van der Waals surface area contributed by atoms with E-state index in [4.69, 9.17) is 16.2 Å². The maximum Gasteiger partial charge on any atom is 0.249 e. The van der Waals surface area contributed by atoms with Crippen LogP contribution in [-0.4, -0.2) is 54.2 Å². The predicted molar refractivity (Wildman–Crippen MR) is 97.2 cm³/mol. The zero-order valence-electron chi connectivity index (χ0n) is 15.5. The summed E-state index contributed by atoms with van der Waals surface area (Å²) >= 11 is 0. The van der Waals surface area contributed by atoms with Crippen molar-refractivity contribution in [1.82, 2.24) is 4.90 Å². The molecule has 0 radical (unpaired) electrons. The lowest BCUT2D eigenvalue weighted by atomic mass is 9.78. The van der Waals surface area contributed by atoms with Gasteiger partial charge >= 0.3 is 0 Å². The average Bonchev–Trinajstić information content (AvgIpc) is 3.01. The number of rotatable bonds is 8. The Bertz CT molecular complexity index is 736. The first-order valence-electron chi connectivity index (χ1n) is 8.69. The van der Waals surface area contributed by atoms with Crippen LogP contribution in [0.4, 0.5) is 0 Å². The van der Waals surface area contributed by atoms with Gasteiger partial charge in [-0.3, -0.25) is 19.2 Å². The van der Waals surface area contributed by atoms with Crippen molar-refractivity contribution in [2.24, 2.45) is 16.9 Å². The van der Waals surface area contributed by atoms with Gasteiger partial charge in [-0.2, -0.15) is 0 Å². The van der Waals surface area contributed by atoms with E-state index in [1.807, 2.05) is 30.3 Å². The quantitative estimate of drug-likeness (QED) is 0.648. The Hall–Kier alpha value is -2.74. The number of carbonyl (C=O) groups is 4. The summed E-state index contributed by atoms with van der Waals surface area (Å²) in [4.78, 5) is 49.2. The van der Waals surface area contributed by atoms with E-state index in [9.17, 15) is 19.2 Å². The van der Waals surface area contributed by atoms with E-state index < -0.39 is 29.4 Å². The van der Waals surface area contributed by atoms with Gasteiger partial charge in [-0.05, 0) is 18.4 Å². The van der Waals surface area contributed by atoms with Crippen LogP contribution in [0.15, 0.2) is 30.3 Å². The first kappa shape index (κ1) is 20.6. The number of ketones is 1. The fourth-order valence-electron chi connectivity index (χ4n) is 3.23. The number of likely N-dealkylation sites (N-methyl/N-ethyl adjacent to an activating group) is 1. The number of amides is 3. The van der Waals surface area contributed by atoms with E-state index in [1.165, 1.54) is 11.9 Å². The van der Waals surface area contributed by atoms with Crippen LogP contribution < -0.4 is 11.5 Å². The molecule has 1 aromatic rings. The predicted octanol–water partition coefficient (Wildman–Crippen LogP) is -0.219. The molecule has 1 fully saturated rings. The molecule has 1 aromatic carbocycles. The monoisotopic (exact) mass is 375 g/mol. The van der Waals surface area contributed by atoms with Gasteiger partial charge in [0.05, 0.1) is 5.41 Å². The van der Waals surface area contributed by atoms with Crippen LogP contribution in [0.3, 0.4) is 0 Å². The molecule has 4 N–H and O–H groups in total. The van der Waals surface area contributed by atoms with Crippen molar-refractivity contribution in [3.05, 3.63) is 35.9 Å². The van der Waals surface area contributed by atoms with Crippen LogP contribution in [0, 0.1) is 5.41 Å². The van der Waals surface area contributed by atoms with Crippen LogP contribution in [-0.2, 0) is 30.3 Å². The van der Waals surface area contributed by atoms with Gasteiger partial charge in [-0.15, -0.1) is 0 Å². The zero-order valence-corrected chi connectivity index (χ0v) is 15.5. The SMILES string of the molecule is CN(C(=O)CCC(C)(Cc1ccccc1)C(N)=O)C1C(=O)COC1C(N)=O. The largest absolute Gasteiger partial charge is 0.369 e. The second kappa shape index (κ2) is 8.30. The van der Waals surface area contributed by atoms with E-state index in [0.717, 1.165) is 5.56 Å². The summed E-state index contributed by atoms with van der Waals surface area (Å²) in [5.74, 6) is -2.06. The van der Waals surface area contributed by atoms with E-state index in [-0.39, 0.29) is 31.1 Å². The summed E-state index contributed by atoms with van der Waals surface area (Å²) in [5.41, 5.74) is 10.8. The van der Waals surface area contributed by atoms with E-state index >= 15 is 0 Å². The second-order valence-electron chi connectivity index (χ2n) is 7.14. The van der Waals surface area contributed by atoms with Gasteiger partial charge in [0.15, 0.2) is 11.9 Å². The smallest absolute Gasteiger partial charge is 0.249 e. The Morgan fingerprint density at radius 1 is 1.22 bits per heavy atom. The van der Waals surface area contributed by atoms with Crippen molar-refractivity contribution in [2.45, 2.75) is 38.3 Å². The van der Waals surface area contributed by atoms with E-state index in [2.05, 4.69) is 0 Å². The van der Waals surface area contributed by atoms with Gasteiger partial charge in [-0.25, -0.2) is 0 Å². The van der Waals surface area contributed by atoms with Crippen LogP contribution in [0.2, 0.25) is 0 Å². The van der Waals surface area contributed by atoms with Gasteiger partial charge in [0, 0.05) is 13.5 Å². The molecule has 0 bridgehead atoms. The third kappa shape index (κ3) is 4.71. The zero-order chi connectivity index (χ0) is 20.2. The molecule has 3 unspecified atom stereocenters. The Kier molecular flexibility index (Phi) is 6.32. The first-order valence-corrected chi connectivity index (χ1v) is 8.69. The number of benzene rings is 1. The van der Waals surface area contributed by atoms with Crippen molar-refractivity contribution >= 4 is 23.5 Å². The minimum atomic E-state index is -1.15. The Morgan fingerprint density at radius 2 is 1.85 bits per heavy atom. The molecule has 1 aliphatic heterocycles. The van der Waals surface area contributed by atoms with Crippen molar-refractivity contribution in [3.63, 3.8) is 0 Å². The third-order valence-corrected chi connectivity index (χ3v) is 5.04. The van der Waals surface area contributed by atoms with Gasteiger partial charge in [0.2, 0.25) is 17.7 Å². The molecule has 0 aliphatic carbocycles. The highest BCUT2D eigenvalue weighted by molar-refractivity contribution is 5.98. The fourth-order valence-corrected chi connectivity index (χ4v) is 3.23. The molecule has 3 amide bonds. The molecule has 2 rings (SSSR count). The number of nitrogens with zero attached hydrogens (tertiary/aromatic N) is 1. The molecule has 8 nitrogen and oxygen atoms in total. The lowest BCUT2D eigenvalue weighted by molar-refractivity contribution is -0.140. The topological polar surface area (TPSA) is 133 Å². The molecule has 8 heteroatoms. The van der Waals surface area contributed by atoms with Crippen molar-refractivity contribution in [3.8, 4) is 0 Å². The number of primary amides is 2. The molecule has 1 heterocycles. The number of hydrogen-bond donors (Lipinski definition) is 2. The molecule has 0 saturated carbocycles. The van der Waals surface area contributed by atoms with E-state index in [0.29, 0.717) is 6.42 Å². The van der Waals surface area contributed by atoms with Crippen LogP contribution in [0.25, 0.3) is 0 Å². The van der Waals surface area contributed by atoms with Crippen LogP contribution in [0.1, 0.15) is 25.3 Å². The molecule has 0 spiro atoms. The number of Topliss-reactive ketones (excluding diaryl/α,β-unsaturated/α-hetero) is 1. The maximum absolute atomic E-state index is 12.6. The van der Waals surface area contributed by atoms with Gasteiger partial charge in [-0.1, -0.05) is 37.3 Å². The summed E-state index contributed by atoms with van der Waals surface area (Å²) in [6.45, 7) is 1.45. The molecule has 27 heavy (non-hydrogen) atoms. The van der Waals surface area contributed by atoms with Crippen molar-refractivity contribution in [2.75, 3.05) is 13.7 Å². The second-order valence-corrected chi connectivity index (χ2v) is 7.14. The Balaban J connectivity index is 2.06. The molecule has 1 aliphatic rings. The summed E-state index contributed by atoms with van der Waals surface area (Å²) in [6, 6.07) is 8.35. The fraction of sp³-hybridized carbons (Fsp3) is 0.474. The third-order valence-electron chi connectivity index (χ3n) is 5.04. The Labute approximate surface area is 157 Å². The molecule has 3 atom stereocenters. The lowest BCUT2D eigenvalue weighted by Gasteiger charge is -2.29. The molecule has 1 saturated heterocycles. The molecular weight excluding hydrogens is 350 g/mol. The van der Waals surface area contributed by atoms with Crippen LogP contribution >= 0.6 is 0 Å². The summed E-state index contributed by atoms with van der Waals surface area (Å²) < 4.78 is 5.08.